The van der Waals surface area contributed by atoms with Crippen LogP contribution in [0.3, 0.4) is 0 Å². The number of benzene rings is 1. The molecule has 3 N–H and O–H groups in total. The average molecular weight is 520 g/mol. The van der Waals surface area contributed by atoms with Crippen molar-refractivity contribution in [1.82, 2.24) is 20.9 Å². The number of nitrogens with one attached hydrogen (secondary N) is 3. The first-order valence-electron chi connectivity index (χ1n) is 9.75. The first kappa shape index (κ1) is 25.4. The summed E-state index contributed by atoms with van der Waals surface area (Å²) in [6.45, 7) is 11.4. The zero-order valence-corrected chi connectivity index (χ0v) is 20.1. The largest absolute Gasteiger partial charge is 0.369 e. The zero-order valence-electron chi connectivity index (χ0n) is 17.8. The first-order valence-corrected chi connectivity index (χ1v) is 9.75. The molecule has 1 aromatic rings. The molecule has 2 rings (SSSR count). The highest BCUT2D eigenvalue weighted by atomic mass is 127. The summed E-state index contributed by atoms with van der Waals surface area (Å²) in [5.74, 6) is 0.354. The highest BCUT2D eigenvalue weighted by Crippen LogP contribution is 2.16. The lowest BCUT2D eigenvalue weighted by molar-refractivity contribution is -0.121. The molecule has 1 aliphatic rings. The van der Waals surface area contributed by atoms with E-state index in [1.54, 1.807) is 7.05 Å². The van der Waals surface area contributed by atoms with Gasteiger partial charge in [-0.15, -0.1) is 24.0 Å². The van der Waals surface area contributed by atoms with Crippen molar-refractivity contribution in [3.8, 4) is 0 Å². The standard InChI is InChI=1S/C20H33FN6O.HI/c1-20(2,3)25-18(28)15-24-19(22-4)23-9-10-26-11-13-27(14-12-26)17-7-5-16(21)6-8-17;/h5-8H,9-15H2,1-4H3,(H,25,28)(H2,22,23,24);1H. The number of piperazine rings is 1. The highest BCUT2D eigenvalue weighted by molar-refractivity contribution is 14.0. The molecule has 1 amide bonds. The van der Waals surface area contributed by atoms with Crippen LogP contribution in [0, 0.1) is 5.82 Å². The number of anilines is 1. The summed E-state index contributed by atoms with van der Waals surface area (Å²) in [7, 11) is 1.69. The van der Waals surface area contributed by atoms with Gasteiger partial charge in [0.15, 0.2) is 5.96 Å². The Hall–Kier alpha value is -1.62. The second-order valence-corrected chi connectivity index (χ2v) is 7.96. The Balaban J connectivity index is 0.00000420. The number of carbonyl (C=O) groups is 1. The summed E-state index contributed by atoms with van der Waals surface area (Å²) in [4.78, 5) is 20.7. The van der Waals surface area contributed by atoms with Crippen LogP contribution in [0.25, 0.3) is 0 Å². The van der Waals surface area contributed by atoms with Gasteiger partial charge in [0.25, 0.3) is 0 Å². The van der Waals surface area contributed by atoms with Gasteiger partial charge in [-0.3, -0.25) is 14.7 Å². The summed E-state index contributed by atoms with van der Waals surface area (Å²) < 4.78 is 13.1. The maximum atomic E-state index is 13.1. The summed E-state index contributed by atoms with van der Waals surface area (Å²) in [5.41, 5.74) is 0.823. The van der Waals surface area contributed by atoms with Crippen molar-refractivity contribution in [2.45, 2.75) is 26.3 Å². The van der Waals surface area contributed by atoms with Crippen molar-refractivity contribution in [2.24, 2.45) is 4.99 Å². The van der Waals surface area contributed by atoms with Crippen molar-refractivity contribution in [2.75, 3.05) is 57.8 Å². The van der Waals surface area contributed by atoms with Crippen LogP contribution in [0.4, 0.5) is 10.1 Å². The molecule has 1 heterocycles. The van der Waals surface area contributed by atoms with Crippen LogP contribution in [0.2, 0.25) is 0 Å². The number of aliphatic imine (C=N–C) groups is 1. The Morgan fingerprint density at radius 2 is 1.72 bits per heavy atom. The van der Waals surface area contributed by atoms with E-state index in [1.807, 2.05) is 32.9 Å². The molecule has 1 fully saturated rings. The molecule has 1 aromatic carbocycles. The molecule has 1 aliphatic heterocycles. The van der Waals surface area contributed by atoms with Gasteiger partial charge in [0, 0.05) is 57.5 Å². The predicted molar refractivity (Wildman–Crippen MR) is 128 cm³/mol. The van der Waals surface area contributed by atoms with Gasteiger partial charge in [0.05, 0.1) is 6.54 Å². The Morgan fingerprint density at radius 3 is 2.28 bits per heavy atom. The number of hydrogen-bond acceptors (Lipinski definition) is 4. The van der Waals surface area contributed by atoms with E-state index in [9.17, 15) is 9.18 Å². The normalized spacial score (nSPS) is 15.5. The molecule has 29 heavy (non-hydrogen) atoms. The molecule has 164 valence electrons. The summed E-state index contributed by atoms with van der Waals surface area (Å²) in [5, 5.41) is 9.19. The number of hydrogen-bond donors (Lipinski definition) is 3. The topological polar surface area (TPSA) is 72.0 Å². The van der Waals surface area contributed by atoms with E-state index in [2.05, 4.69) is 30.7 Å². The van der Waals surface area contributed by atoms with Crippen molar-refractivity contribution in [3.05, 3.63) is 30.1 Å². The number of carbonyl (C=O) groups excluding carboxylic acids is 1. The lowest BCUT2D eigenvalue weighted by Gasteiger charge is -2.36. The molecule has 0 aromatic heterocycles. The molecule has 0 atom stereocenters. The predicted octanol–water partition coefficient (Wildman–Crippen LogP) is 1.65. The monoisotopic (exact) mass is 520 g/mol. The molecule has 0 saturated carbocycles. The second-order valence-electron chi connectivity index (χ2n) is 7.96. The zero-order chi connectivity index (χ0) is 20.6. The minimum Gasteiger partial charge on any atom is -0.369 e. The average Bonchev–Trinajstić information content (AvgIpc) is 2.64. The van der Waals surface area contributed by atoms with Crippen LogP contribution in [-0.2, 0) is 4.79 Å². The molecule has 0 radical (unpaired) electrons. The Bertz CT molecular complexity index is 654. The molecule has 0 bridgehead atoms. The number of amides is 1. The van der Waals surface area contributed by atoms with Gasteiger partial charge in [0.1, 0.15) is 5.82 Å². The van der Waals surface area contributed by atoms with E-state index in [-0.39, 0.29) is 47.8 Å². The molecule has 0 aliphatic carbocycles. The fourth-order valence-electron chi connectivity index (χ4n) is 3.06. The van der Waals surface area contributed by atoms with Crippen LogP contribution in [0.5, 0.6) is 0 Å². The SMILES string of the molecule is CN=C(NCCN1CCN(c2ccc(F)cc2)CC1)NCC(=O)NC(C)(C)C.I. The van der Waals surface area contributed by atoms with E-state index in [4.69, 9.17) is 0 Å². The third-order valence-corrected chi connectivity index (χ3v) is 4.44. The van der Waals surface area contributed by atoms with Gasteiger partial charge in [0.2, 0.25) is 5.91 Å². The number of guanidine groups is 1. The fraction of sp³-hybridized carbons (Fsp3) is 0.600. The van der Waals surface area contributed by atoms with E-state index < -0.39 is 0 Å². The fourth-order valence-corrected chi connectivity index (χ4v) is 3.06. The van der Waals surface area contributed by atoms with E-state index in [0.29, 0.717) is 5.96 Å². The lowest BCUT2D eigenvalue weighted by atomic mass is 10.1. The quantitative estimate of drug-likeness (QED) is 0.303. The van der Waals surface area contributed by atoms with Crippen LogP contribution in [0.15, 0.2) is 29.3 Å². The van der Waals surface area contributed by atoms with Crippen molar-refractivity contribution >= 4 is 41.5 Å². The number of nitrogens with zero attached hydrogens (tertiary/aromatic N) is 3. The third kappa shape index (κ3) is 9.62. The van der Waals surface area contributed by atoms with E-state index in [0.717, 1.165) is 45.0 Å². The van der Waals surface area contributed by atoms with Crippen LogP contribution in [0.1, 0.15) is 20.8 Å². The minimum absolute atomic E-state index is 0. The minimum atomic E-state index is -0.244. The second kappa shape index (κ2) is 12.2. The maximum absolute atomic E-state index is 13.1. The van der Waals surface area contributed by atoms with Crippen LogP contribution >= 0.6 is 24.0 Å². The number of rotatable bonds is 6. The Kier molecular flexibility index (Phi) is 10.7. The molecule has 0 spiro atoms. The van der Waals surface area contributed by atoms with Crippen molar-refractivity contribution in [1.29, 1.82) is 0 Å². The molecular weight excluding hydrogens is 486 g/mol. The van der Waals surface area contributed by atoms with Gasteiger partial charge in [-0.2, -0.15) is 0 Å². The molecule has 0 unspecified atom stereocenters. The van der Waals surface area contributed by atoms with Gasteiger partial charge < -0.3 is 20.9 Å². The van der Waals surface area contributed by atoms with Crippen molar-refractivity contribution in [3.63, 3.8) is 0 Å². The summed E-state index contributed by atoms with van der Waals surface area (Å²) in [6.07, 6.45) is 0. The lowest BCUT2D eigenvalue weighted by Crippen LogP contribution is -2.50. The number of halogens is 2. The van der Waals surface area contributed by atoms with Crippen molar-refractivity contribution < 1.29 is 9.18 Å². The first-order chi connectivity index (χ1) is 13.3. The molecular formula is C20H34FIN6O. The highest BCUT2D eigenvalue weighted by Gasteiger charge is 2.17. The summed E-state index contributed by atoms with van der Waals surface area (Å²) in [6, 6.07) is 6.67. The Labute approximate surface area is 190 Å². The van der Waals surface area contributed by atoms with Gasteiger partial charge in [-0.25, -0.2) is 4.39 Å². The van der Waals surface area contributed by atoms with E-state index >= 15 is 0 Å². The van der Waals surface area contributed by atoms with Gasteiger partial charge >= 0.3 is 0 Å². The maximum Gasteiger partial charge on any atom is 0.239 e. The van der Waals surface area contributed by atoms with Crippen LogP contribution in [-0.4, -0.2) is 75.2 Å². The summed E-state index contributed by atoms with van der Waals surface area (Å²) >= 11 is 0. The Morgan fingerprint density at radius 1 is 1.10 bits per heavy atom. The molecule has 9 heteroatoms. The molecule has 7 nitrogen and oxygen atoms in total. The van der Waals surface area contributed by atoms with Crippen LogP contribution < -0.4 is 20.9 Å². The van der Waals surface area contributed by atoms with Gasteiger partial charge in [-0.05, 0) is 45.0 Å². The third-order valence-electron chi connectivity index (χ3n) is 4.44. The van der Waals surface area contributed by atoms with E-state index in [1.165, 1.54) is 12.1 Å². The van der Waals surface area contributed by atoms with Gasteiger partial charge in [-0.1, -0.05) is 0 Å². The smallest absolute Gasteiger partial charge is 0.239 e. The molecule has 1 saturated heterocycles.